The second-order valence-corrected chi connectivity index (χ2v) is 7.72. The predicted molar refractivity (Wildman–Crippen MR) is 119 cm³/mol. The maximum absolute atomic E-state index is 13.7. The third kappa shape index (κ3) is 4.08. The number of carbonyl (C=O) groups excluding carboxylic acids is 2. The van der Waals surface area contributed by atoms with E-state index in [4.69, 9.17) is 0 Å². The average Bonchev–Trinajstić information content (AvgIpc) is 3.39. The maximum Gasteiger partial charge on any atom is 0.233 e. The molecule has 4 atom stereocenters. The van der Waals surface area contributed by atoms with Crippen molar-refractivity contribution in [1.29, 1.82) is 0 Å². The maximum atomic E-state index is 13.7. The third-order valence-electron chi connectivity index (χ3n) is 6.13. The smallest absolute Gasteiger partial charge is 0.233 e. The first-order valence-electron chi connectivity index (χ1n) is 9.92. The molecular weight excluding hydrogens is 505 g/mol. The average molecular weight is 530 g/mol. The SMILES string of the molecule is CN=C(NCCc1cccc(F)c1F)NCCN1C(=O)C2C3C=CC(C3)C2C1=O.I. The molecule has 0 radical (unpaired) electrons. The molecule has 4 rings (SSSR count). The Morgan fingerprint density at radius 1 is 1.10 bits per heavy atom. The molecule has 3 aliphatic rings. The van der Waals surface area contributed by atoms with E-state index in [1.54, 1.807) is 13.1 Å². The van der Waals surface area contributed by atoms with Crippen molar-refractivity contribution in [3.63, 3.8) is 0 Å². The van der Waals surface area contributed by atoms with Crippen molar-refractivity contribution in [1.82, 2.24) is 15.5 Å². The normalized spacial score (nSPS) is 26.8. The number of imide groups is 1. The molecule has 2 bridgehead atoms. The summed E-state index contributed by atoms with van der Waals surface area (Å²) in [6.45, 7) is 1.01. The standard InChI is InChI=1S/C21H24F2N4O2.HI/c1-24-21(25-8-7-12-3-2-4-15(22)18(12)23)26-9-10-27-19(28)16-13-5-6-14(11-13)17(16)20(27)29;/h2-6,13-14,16-17H,7-11H2,1H3,(H2,24,25,26);1H. The fraction of sp³-hybridized carbons (Fsp3) is 0.476. The van der Waals surface area contributed by atoms with Gasteiger partial charge in [0.15, 0.2) is 17.6 Å². The number of nitrogens with zero attached hydrogens (tertiary/aromatic N) is 2. The van der Waals surface area contributed by atoms with Gasteiger partial charge in [0.2, 0.25) is 11.8 Å². The summed E-state index contributed by atoms with van der Waals surface area (Å²) in [6.07, 6.45) is 5.37. The van der Waals surface area contributed by atoms with E-state index in [9.17, 15) is 18.4 Å². The number of guanidine groups is 1. The second kappa shape index (κ2) is 9.40. The van der Waals surface area contributed by atoms with Crippen LogP contribution in [0.5, 0.6) is 0 Å². The number of nitrogens with one attached hydrogen (secondary N) is 2. The van der Waals surface area contributed by atoms with Crippen LogP contribution in [0.25, 0.3) is 0 Å². The zero-order valence-electron chi connectivity index (χ0n) is 16.6. The van der Waals surface area contributed by atoms with E-state index in [-0.39, 0.29) is 71.6 Å². The van der Waals surface area contributed by atoms with Gasteiger partial charge >= 0.3 is 0 Å². The van der Waals surface area contributed by atoms with Gasteiger partial charge in [-0.1, -0.05) is 24.3 Å². The number of amides is 2. The molecule has 30 heavy (non-hydrogen) atoms. The van der Waals surface area contributed by atoms with Gasteiger partial charge in [-0.05, 0) is 36.3 Å². The minimum absolute atomic E-state index is 0. The van der Waals surface area contributed by atoms with Crippen LogP contribution in [-0.4, -0.2) is 49.4 Å². The van der Waals surface area contributed by atoms with Crippen LogP contribution in [0.4, 0.5) is 8.78 Å². The highest BCUT2D eigenvalue weighted by molar-refractivity contribution is 14.0. The molecule has 1 aliphatic heterocycles. The van der Waals surface area contributed by atoms with Crippen LogP contribution in [0.3, 0.4) is 0 Å². The van der Waals surface area contributed by atoms with Gasteiger partial charge < -0.3 is 10.6 Å². The summed E-state index contributed by atoms with van der Waals surface area (Å²) in [7, 11) is 1.60. The van der Waals surface area contributed by atoms with Gasteiger partial charge in [0, 0.05) is 26.7 Å². The molecule has 6 nitrogen and oxygen atoms in total. The first-order chi connectivity index (χ1) is 14.0. The molecule has 1 heterocycles. The van der Waals surface area contributed by atoms with Crippen LogP contribution in [-0.2, 0) is 16.0 Å². The number of aliphatic imine (C=N–C) groups is 1. The number of fused-ring (bicyclic) bond motifs is 5. The number of allylic oxidation sites excluding steroid dienone is 2. The summed E-state index contributed by atoms with van der Waals surface area (Å²) in [5.41, 5.74) is 0.288. The molecule has 1 saturated carbocycles. The lowest BCUT2D eigenvalue weighted by Gasteiger charge is -2.18. The van der Waals surface area contributed by atoms with E-state index < -0.39 is 11.6 Å². The van der Waals surface area contributed by atoms with Gasteiger partial charge in [0.25, 0.3) is 0 Å². The fourth-order valence-electron chi connectivity index (χ4n) is 4.75. The molecule has 2 fully saturated rings. The number of hydrogen-bond acceptors (Lipinski definition) is 3. The number of benzene rings is 1. The van der Waals surface area contributed by atoms with Crippen molar-refractivity contribution in [3.05, 3.63) is 47.5 Å². The second-order valence-electron chi connectivity index (χ2n) is 7.72. The minimum atomic E-state index is -0.863. The number of halogens is 3. The van der Waals surface area contributed by atoms with Crippen molar-refractivity contribution in [3.8, 4) is 0 Å². The Hall–Kier alpha value is -2.04. The van der Waals surface area contributed by atoms with Crippen LogP contribution in [0.1, 0.15) is 12.0 Å². The molecule has 2 amide bonds. The molecule has 1 aromatic rings. The molecule has 2 N–H and O–H groups in total. The molecule has 9 heteroatoms. The lowest BCUT2D eigenvalue weighted by Crippen LogP contribution is -2.44. The molecule has 2 aliphatic carbocycles. The van der Waals surface area contributed by atoms with Gasteiger partial charge in [-0.15, -0.1) is 24.0 Å². The molecule has 0 aromatic heterocycles. The Kier molecular flexibility index (Phi) is 7.10. The van der Waals surface area contributed by atoms with Crippen molar-refractivity contribution in [2.75, 3.05) is 26.7 Å². The van der Waals surface area contributed by atoms with Gasteiger partial charge in [-0.25, -0.2) is 8.78 Å². The van der Waals surface area contributed by atoms with Gasteiger partial charge in [0.1, 0.15) is 0 Å². The van der Waals surface area contributed by atoms with Crippen LogP contribution in [0.2, 0.25) is 0 Å². The summed E-state index contributed by atoms with van der Waals surface area (Å²) in [5, 5.41) is 6.09. The van der Waals surface area contributed by atoms with Gasteiger partial charge in [-0.2, -0.15) is 0 Å². The summed E-state index contributed by atoms with van der Waals surface area (Å²) in [5.74, 6) is -1.31. The number of hydrogen-bond donors (Lipinski definition) is 2. The highest BCUT2D eigenvalue weighted by atomic mass is 127. The minimum Gasteiger partial charge on any atom is -0.356 e. The van der Waals surface area contributed by atoms with Crippen molar-refractivity contribution in [2.24, 2.45) is 28.7 Å². The lowest BCUT2D eigenvalue weighted by atomic mass is 9.85. The summed E-state index contributed by atoms with van der Waals surface area (Å²) < 4.78 is 26.9. The zero-order chi connectivity index (χ0) is 20.5. The lowest BCUT2D eigenvalue weighted by molar-refractivity contribution is -0.140. The van der Waals surface area contributed by atoms with E-state index in [1.807, 2.05) is 0 Å². The predicted octanol–water partition coefficient (Wildman–Crippen LogP) is 2.10. The molecule has 1 saturated heterocycles. The van der Waals surface area contributed by atoms with Crippen LogP contribution in [0, 0.1) is 35.3 Å². The summed E-state index contributed by atoms with van der Waals surface area (Å²) in [6, 6.07) is 4.10. The van der Waals surface area contributed by atoms with E-state index in [2.05, 4.69) is 27.8 Å². The van der Waals surface area contributed by atoms with Crippen LogP contribution >= 0.6 is 24.0 Å². The quantitative estimate of drug-likeness (QED) is 0.194. The monoisotopic (exact) mass is 530 g/mol. The molecule has 162 valence electrons. The zero-order valence-corrected chi connectivity index (χ0v) is 18.9. The Morgan fingerprint density at radius 2 is 1.73 bits per heavy atom. The third-order valence-corrected chi connectivity index (χ3v) is 6.13. The Balaban J connectivity index is 0.00000256. The Bertz CT molecular complexity index is 862. The van der Waals surface area contributed by atoms with E-state index in [0.717, 1.165) is 12.5 Å². The fourth-order valence-corrected chi connectivity index (χ4v) is 4.75. The topological polar surface area (TPSA) is 73.8 Å². The highest BCUT2D eigenvalue weighted by Gasteiger charge is 2.58. The molecule has 1 aromatic carbocycles. The molecule has 4 unspecified atom stereocenters. The summed E-state index contributed by atoms with van der Waals surface area (Å²) >= 11 is 0. The van der Waals surface area contributed by atoms with E-state index in [1.165, 1.54) is 11.0 Å². The Morgan fingerprint density at radius 3 is 2.37 bits per heavy atom. The van der Waals surface area contributed by atoms with Crippen LogP contribution < -0.4 is 10.6 Å². The molecule has 0 spiro atoms. The van der Waals surface area contributed by atoms with Gasteiger partial charge in [-0.3, -0.25) is 19.5 Å². The van der Waals surface area contributed by atoms with E-state index in [0.29, 0.717) is 25.5 Å². The first kappa shape index (κ1) is 22.6. The van der Waals surface area contributed by atoms with Crippen LogP contribution in [0.15, 0.2) is 35.3 Å². The summed E-state index contributed by atoms with van der Waals surface area (Å²) in [4.78, 5) is 30.8. The first-order valence-corrected chi connectivity index (χ1v) is 9.92. The van der Waals surface area contributed by atoms with Crippen molar-refractivity contribution < 1.29 is 18.4 Å². The van der Waals surface area contributed by atoms with Crippen molar-refractivity contribution >= 4 is 41.8 Å². The molecular formula is C21H25F2IN4O2. The number of rotatable bonds is 6. The largest absolute Gasteiger partial charge is 0.356 e. The number of likely N-dealkylation sites (tertiary alicyclic amines) is 1. The van der Waals surface area contributed by atoms with E-state index >= 15 is 0 Å². The van der Waals surface area contributed by atoms with Crippen molar-refractivity contribution in [2.45, 2.75) is 12.8 Å². The number of carbonyl (C=O) groups is 2. The highest BCUT2D eigenvalue weighted by Crippen LogP contribution is 2.52. The Labute approximate surface area is 191 Å². The van der Waals surface area contributed by atoms with Gasteiger partial charge in [0.05, 0.1) is 11.8 Å².